The van der Waals surface area contributed by atoms with E-state index in [0.29, 0.717) is 5.92 Å². The van der Waals surface area contributed by atoms with Crippen LogP contribution in [0, 0.1) is 0 Å². The highest BCUT2D eigenvalue weighted by Gasteiger charge is 2.35. The van der Waals surface area contributed by atoms with Gasteiger partial charge >= 0.3 is 0 Å². The van der Waals surface area contributed by atoms with Crippen LogP contribution < -0.4 is 4.57 Å². The first-order valence-electron chi connectivity index (χ1n) is 14.7. The number of hydrogen-bond donors (Lipinski definition) is 0. The third kappa shape index (κ3) is 3.92. The molecule has 0 spiro atoms. The monoisotopic (exact) mass is 559 g/mol. The van der Waals surface area contributed by atoms with Gasteiger partial charge in [0.2, 0.25) is 5.69 Å². The summed E-state index contributed by atoms with van der Waals surface area (Å²) in [7, 11) is 0. The summed E-state index contributed by atoms with van der Waals surface area (Å²) >= 11 is 1.92. The van der Waals surface area contributed by atoms with Crippen molar-refractivity contribution in [1.82, 2.24) is 0 Å². The van der Waals surface area contributed by atoms with Gasteiger partial charge in [-0.05, 0) is 65.9 Å². The minimum absolute atomic E-state index is 0.115. The van der Waals surface area contributed by atoms with E-state index in [-0.39, 0.29) is 6.04 Å². The number of aliphatic imine (C=N–C) groups is 1. The Morgan fingerprint density at radius 1 is 0.857 bits per heavy atom. The van der Waals surface area contributed by atoms with Crippen molar-refractivity contribution in [2.75, 3.05) is 0 Å². The van der Waals surface area contributed by atoms with E-state index < -0.39 is 0 Å². The van der Waals surface area contributed by atoms with E-state index in [1.807, 2.05) is 17.4 Å². The first-order valence-corrected chi connectivity index (χ1v) is 15.5. The fourth-order valence-electron chi connectivity index (χ4n) is 7.15. The van der Waals surface area contributed by atoms with Crippen molar-refractivity contribution in [3.05, 3.63) is 145 Å². The van der Waals surface area contributed by atoms with E-state index in [1.54, 1.807) is 0 Å². The Morgan fingerprint density at radius 2 is 1.64 bits per heavy atom. The molecule has 4 aromatic carbocycles. The normalized spacial score (nSPS) is 18.0. The molecule has 6 aromatic rings. The Kier molecular flexibility index (Phi) is 6.01. The van der Waals surface area contributed by atoms with Crippen molar-refractivity contribution in [3.8, 4) is 22.4 Å². The summed E-state index contributed by atoms with van der Waals surface area (Å²) in [6, 6.07) is 37.7. The zero-order valence-corrected chi connectivity index (χ0v) is 24.3. The molecule has 0 radical (unpaired) electrons. The molecule has 202 valence electrons. The molecular weight excluding hydrogens is 529 g/mol. The third-order valence-corrected chi connectivity index (χ3v) is 10.2. The zero-order chi connectivity index (χ0) is 28.2. The molecular formula is C39H31N2S+. The van der Waals surface area contributed by atoms with Crippen LogP contribution in [0.2, 0.25) is 0 Å². The number of nitrogens with zero attached hydrogens (tertiary/aromatic N) is 2. The fourth-order valence-corrected chi connectivity index (χ4v) is 8.45. The average Bonchev–Trinajstić information content (AvgIpc) is 3.43. The lowest BCUT2D eigenvalue weighted by atomic mass is 9.78. The largest absolute Gasteiger partial charge is 0.280 e. The summed E-state index contributed by atoms with van der Waals surface area (Å²) in [5, 5.41) is 2.67. The van der Waals surface area contributed by atoms with Crippen LogP contribution in [0.3, 0.4) is 0 Å². The summed E-state index contributed by atoms with van der Waals surface area (Å²) in [5.74, 6) is 0.304. The molecule has 2 nitrogen and oxygen atoms in total. The maximum atomic E-state index is 5.29. The van der Waals surface area contributed by atoms with E-state index in [9.17, 15) is 0 Å². The van der Waals surface area contributed by atoms with Crippen LogP contribution >= 0.6 is 11.3 Å². The molecule has 2 unspecified atom stereocenters. The molecule has 8 rings (SSSR count). The molecule has 4 heterocycles. The number of aromatic nitrogens is 1. The van der Waals surface area contributed by atoms with Crippen molar-refractivity contribution in [2.45, 2.75) is 31.2 Å². The minimum atomic E-state index is 0.115. The number of hydrogen-bond acceptors (Lipinski definition) is 2. The van der Waals surface area contributed by atoms with Crippen molar-refractivity contribution < 1.29 is 4.57 Å². The number of aryl methyl sites for hydroxylation is 1. The summed E-state index contributed by atoms with van der Waals surface area (Å²) in [4.78, 5) is 5.29. The highest BCUT2D eigenvalue weighted by molar-refractivity contribution is 7.26. The number of allylic oxidation sites excluding steroid dienone is 1. The molecule has 0 saturated heterocycles. The molecule has 3 heteroatoms. The Bertz CT molecular complexity index is 2060. The number of fused-ring (bicyclic) bond motifs is 10. The van der Waals surface area contributed by atoms with Gasteiger partial charge in [-0.3, -0.25) is 4.99 Å². The quantitative estimate of drug-likeness (QED) is 0.188. The standard InChI is InChI=1S/C39H31N2S/c1-3-33-29-16-8-7-15-28(29)30-21-20-27-24-32(26-13-5-4-6-14-26)38-31-17-9-10-19-36(31)42-39(38)37(27)35-18-11-12-22-41(35)25(2)23-34(30)40-33/h3-19,22,24,30,34H,1-2,20-21,23H2/q+1. The molecule has 0 bridgehead atoms. The Labute approximate surface area is 250 Å². The van der Waals surface area contributed by atoms with Gasteiger partial charge in [0.25, 0.3) is 0 Å². The Balaban J connectivity index is 1.43. The van der Waals surface area contributed by atoms with Crippen molar-refractivity contribution in [1.29, 1.82) is 0 Å². The SMILES string of the molecule is C=CC1=NC2CC(=C)[n+]3ccccc3-c3c(cc(-c4ccccc4)c4c3sc3ccccc34)CCC2c2ccccc21. The highest BCUT2D eigenvalue weighted by Crippen LogP contribution is 2.47. The van der Waals surface area contributed by atoms with Gasteiger partial charge in [0.15, 0.2) is 11.9 Å². The van der Waals surface area contributed by atoms with Gasteiger partial charge in [-0.25, -0.2) is 0 Å². The van der Waals surface area contributed by atoms with Crippen LogP contribution in [0.5, 0.6) is 0 Å². The second-order valence-electron chi connectivity index (χ2n) is 11.4. The second kappa shape index (κ2) is 10.0. The summed E-state index contributed by atoms with van der Waals surface area (Å²) < 4.78 is 4.99. The maximum absolute atomic E-state index is 5.29. The van der Waals surface area contributed by atoms with Gasteiger partial charge in [0.05, 0.1) is 28.4 Å². The molecule has 0 N–H and O–H groups in total. The van der Waals surface area contributed by atoms with E-state index in [2.05, 4.69) is 127 Å². The van der Waals surface area contributed by atoms with Crippen LogP contribution in [0.4, 0.5) is 0 Å². The van der Waals surface area contributed by atoms with E-state index in [1.165, 1.54) is 59.2 Å². The summed E-state index contributed by atoms with van der Waals surface area (Å²) in [6.45, 7) is 8.77. The molecule has 2 atom stereocenters. The van der Waals surface area contributed by atoms with Crippen LogP contribution in [-0.4, -0.2) is 11.8 Å². The Hall–Kier alpha value is -4.60. The van der Waals surface area contributed by atoms with Gasteiger partial charge in [-0.2, -0.15) is 4.57 Å². The first-order chi connectivity index (χ1) is 20.7. The maximum Gasteiger partial charge on any atom is 0.219 e. The smallest absolute Gasteiger partial charge is 0.219 e. The topological polar surface area (TPSA) is 16.2 Å². The number of pyridine rings is 1. The lowest BCUT2D eigenvalue weighted by molar-refractivity contribution is -0.571. The third-order valence-electron chi connectivity index (χ3n) is 9.04. The minimum Gasteiger partial charge on any atom is -0.280 e. The number of thiophene rings is 1. The molecule has 2 aromatic heterocycles. The number of rotatable bonds is 2. The van der Waals surface area contributed by atoms with Crippen LogP contribution in [0.1, 0.15) is 35.4 Å². The fraction of sp³-hybridized carbons (Fsp3) is 0.128. The van der Waals surface area contributed by atoms with E-state index >= 15 is 0 Å². The van der Waals surface area contributed by atoms with Gasteiger partial charge in [0.1, 0.15) is 0 Å². The predicted molar refractivity (Wildman–Crippen MR) is 178 cm³/mol. The Morgan fingerprint density at radius 3 is 2.52 bits per heavy atom. The van der Waals surface area contributed by atoms with Crippen LogP contribution in [0.25, 0.3) is 48.3 Å². The molecule has 42 heavy (non-hydrogen) atoms. The van der Waals surface area contributed by atoms with Crippen LogP contribution in [-0.2, 0) is 6.42 Å². The lowest BCUT2D eigenvalue weighted by Crippen LogP contribution is -2.38. The van der Waals surface area contributed by atoms with E-state index in [4.69, 9.17) is 4.99 Å². The van der Waals surface area contributed by atoms with E-state index in [0.717, 1.165) is 30.7 Å². The van der Waals surface area contributed by atoms with Gasteiger partial charge in [-0.1, -0.05) is 79.4 Å². The first kappa shape index (κ1) is 25.1. The second-order valence-corrected chi connectivity index (χ2v) is 12.4. The van der Waals surface area contributed by atoms with Gasteiger partial charge < -0.3 is 0 Å². The number of benzene rings is 4. The highest BCUT2D eigenvalue weighted by atomic mass is 32.1. The molecule has 0 fully saturated rings. The summed E-state index contributed by atoms with van der Waals surface area (Å²) in [6.07, 6.45) is 6.88. The predicted octanol–water partition coefficient (Wildman–Crippen LogP) is 9.62. The van der Waals surface area contributed by atoms with Crippen molar-refractivity contribution in [2.24, 2.45) is 4.99 Å². The van der Waals surface area contributed by atoms with Gasteiger partial charge in [0, 0.05) is 39.1 Å². The van der Waals surface area contributed by atoms with Gasteiger partial charge in [-0.15, -0.1) is 11.3 Å². The molecule has 0 amide bonds. The summed E-state index contributed by atoms with van der Waals surface area (Å²) in [5.41, 5.74) is 11.2. The molecule has 0 saturated carbocycles. The average molecular weight is 560 g/mol. The van der Waals surface area contributed by atoms with Crippen molar-refractivity contribution in [3.63, 3.8) is 0 Å². The van der Waals surface area contributed by atoms with Crippen LogP contribution in [0.15, 0.2) is 134 Å². The molecule has 2 aliphatic rings. The van der Waals surface area contributed by atoms with Crippen molar-refractivity contribution >= 4 is 42.9 Å². The molecule has 2 aliphatic heterocycles. The molecule has 0 aliphatic carbocycles. The zero-order valence-electron chi connectivity index (χ0n) is 23.5. The lowest BCUT2D eigenvalue weighted by Gasteiger charge is -2.32.